The van der Waals surface area contributed by atoms with E-state index in [0.717, 1.165) is 29.7 Å². The van der Waals surface area contributed by atoms with Crippen LogP contribution in [0.1, 0.15) is 52.2 Å². The molecule has 1 fully saturated rings. The molecular formula is C22H30N4O3. The predicted octanol–water partition coefficient (Wildman–Crippen LogP) is 4.20. The molecule has 1 aliphatic heterocycles. The molecular weight excluding hydrogens is 368 g/mol. The van der Waals surface area contributed by atoms with Crippen LogP contribution in [0.5, 0.6) is 0 Å². The maximum atomic E-state index is 12.6. The van der Waals surface area contributed by atoms with Gasteiger partial charge < -0.3 is 20.1 Å². The van der Waals surface area contributed by atoms with Crippen LogP contribution in [0.4, 0.5) is 10.6 Å². The van der Waals surface area contributed by atoms with Gasteiger partial charge in [-0.2, -0.15) is 0 Å². The molecule has 3 heterocycles. The molecule has 2 aromatic rings. The maximum Gasteiger partial charge on any atom is 0.410 e. The summed E-state index contributed by atoms with van der Waals surface area (Å²) < 4.78 is 11.6. The molecule has 2 atom stereocenters. The lowest BCUT2D eigenvalue weighted by molar-refractivity contribution is -0.0370. The highest BCUT2D eigenvalue weighted by atomic mass is 16.6. The van der Waals surface area contributed by atoms with Gasteiger partial charge in [0, 0.05) is 37.2 Å². The van der Waals surface area contributed by atoms with Gasteiger partial charge in [0.15, 0.2) is 0 Å². The number of aromatic nitrogens is 2. The maximum absolute atomic E-state index is 12.6. The van der Waals surface area contributed by atoms with Crippen molar-refractivity contribution in [1.82, 2.24) is 14.9 Å². The molecule has 0 spiro atoms. The summed E-state index contributed by atoms with van der Waals surface area (Å²) in [5.41, 5.74) is 7.92. The zero-order chi connectivity index (χ0) is 21.0. The molecule has 3 rings (SSSR count). The van der Waals surface area contributed by atoms with Gasteiger partial charge in [0.05, 0.1) is 11.8 Å². The highest BCUT2D eigenvalue weighted by Gasteiger charge is 2.32. The quantitative estimate of drug-likeness (QED) is 0.830. The van der Waals surface area contributed by atoms with E-state index >= 15 is 0 Å². The van der Waals surface area contributed by atoms with Crippen molar-refractivity contribution in [2.24, 2.45) is 0 Å². The third kappa shape index (κ3) is 5.44. The van der Waals surface area contributed by atoms with Crippen molar-refractivity contribution < 1.29 is 14.3 Å². The molecule has 2 aromatic heterocycles. The van der Waals surface area contributed by atoms with Crippen molar-refractivity contribution in [3.05, 3.63) is 42.2 Å². The molecule has 1 aliphatic rings. The number of anilines is 1. The summed E-state index contributed by atoms with van der Waals surface area (Å²) in [6.07, 6.45) is 4.63. The van der Waals surface area contributed by atoms with Gasteiger partial charge in [-0.05, 0) is 70.4 Å². The van der Waals surface area contributed by atoms with Gasteiger partial charge in [-0.25, -0.2) is 9.78 Å². The Balaban J connectivity index is 1.75. The number of carbonyl (C=O) groups is 1. The fourth-order valence-corrected chi connectivity index (χ4v) is 3.51. The standard InChI is InChI=1S/C22H30N4O3/c1-5-26(21(27)29-22(2,3)4)17-9-11-28-19(13-17)15-8-10-24-18(12-15)16-6-7-20(23)25-14-16/h6-8,10,12,14,17,19H,5,9,11,13H2,1-4H3,(H2,23,25). The Morgan fingerprint density at radius 3 is 2.76 bits per heavy atom. The second kappa shape index (κ2) is 8.78. The zero-order valence-corrected chi connectivity index (χ0v) is 17.6. The number of nitrogens with two attached hydrogens (primary N) is 1. The fourth-order valence-electron chi connectivity index (χ4n) is 3.51. The smallest absolute Gasteiger partial charge is 0.410 e. The highest BCUT2D eigenvalue weighted by Crippen LogP contribution is 2.32. The molecule has 1 saturated heterocycles. The van der Waals surface area contributed by atoms with Gasteiger partial charge in [0.2, 0.25) is 0 Å². The van der Waals surface area contributed by atoms with E-state index in [1.165, 1.54) is 0 Å². The Kier molecular flexibility index (Phi) is 6.37. The van der Waals surface area contributed by atoms with E-state index in [4.69, 9.17) is 15.2 Å². The lowest BCUT2D eigenvalue weighted by atomic mass is 9.96. The van der Waals surface area contributed by atoms with Crippen molar-refractivity contribution in [2.75, 3.05) is 18.9 Å². The van der Waals surface area contributed by atoms with E-state index in [0.29, 0.717) is 19.0 Å². The molecule has 2 unspecified atom stereocenters. The van der Waals surface area contributed by atoms with Crippen molar-refractivity contribution in [2.45, 2.75) is 58.3 Å². The molecule has 0 saturated carbocycles. The van der Waals surface area contributed by atoms with Crippen LogP contribution in [0.15, 0.2) is 36.7 Å². The summed E-state index contributed by atoms with van der Waals surface area (Å²) in [4.78, 5) is 23.0. The molecule has 0 bridgehead atoms. The van der Waals surface area contributed by atoms with Crippen molar-refractivity contribution in [3.63, 3.8) is 0 Å². The third-order valence-electron chi connectivity index (χ3n) is 4.90. The zero-order valence-electron chi connectivity index (χ0n) is 17.6. The molecule has 7 heteroatoms. The first kappa shape index (κ1) is 21.0. The average molecular weight is 399 g/mol. The second-order valence-corrected chi connectivity index (χ2v) is 8.25. The van der Waals surface area contributed by atoms with Gasteiger partial charge in [-0.1, -0.05) is 0 Å². The van der Waals surface area contributed by atoms with Crippen LogP contribution < -0.4 is 5.73 Å². The van der Waals surface area contributed by atoms with Crippen LogP contribution >= 0.6 is 0 Å². The Labute approximate surface area is 172 Å². The Morgan fingerprint density at radius 2 is 2.10 bits per heavy atom. The number of nitrogens with zero attached hydrogens (tertiary/aromatic N) is 3. The van der Waals surface area contributed by atoms with Crippen molar-refractivity contribution >= 4 is 11.9 Å². The number of hydrogen-bond donors (Lipinski definition) is 1. The van der Waals surface area contributed by atoms with E-state index in [1.54, 1.807) is 18.5 Å². The first-order chi connectivity index (χ1) is 13.8. The van der Waals surface area contributed by atoms with Crippen LogP contribution in [0.25, 0.3) is 11.3 Å². The molecule has 0 aromatic carbocycles. The Bertz CT molecular complexity index is 833. The van der Waals surface area contributed by atoms with E-state index in [-0.39, 0.29) is 18.2 Å². The van der Waals surface area contributed by atoms with Crippen molar-refractivity contribution in [3.8, 4) is 11.3 Å². The van der Waals surface area contributed by atoms with E-state index in [2.05, 4.69) is 9.97 Å². The molecule has 0 aliphatic carbocycles. The number of ether oxygens (including phenoxy) is 2. The van der Waals surface area contributed by atoms with Gasteiger partial charge in [0.1, 0.15) is 11.4 Å². The van der Waals surface area contributed by atoms with E-state index < -0.39 is 5.60 Å². The molecule has 0 radical (unpaired) electrons. The lowest BCUT2D eigenvalue weighted by Crippen LogP contribution is -2.46. The van der Waals surface area contributed by atoms with Crippen LogP contribution in [0.2, 0.25) is 0 Å². The van der Waals surface area contributed by atoms with Gasteiger partial charge in [-0.15, -0.1) is 0 Å². The van der Waals surface area contributed by atoms with Gasteiger partial charge in [-0.3, -0.25) is 4.98 Å². The first-order valence-electron chi connectivity index (χ1n) is 10.1. The van der Waals surface area contributed by atoms with Crippen molar-refractivity contribution in [1.29, 1.82) is 0 Å². The minimum absolute atomic E-state index is 0.0726. The lowest BCUT2D eigenvalue weighted by Gasteiger charge is -2.37. The fraction of sp³-hybridized carbons (Fsp3) is 0.500. The van der Waals surface area contributed by atoms with Crippen LogP contribution in [-0.4, -0.2) is 45.8 Å². The van der Waals surface area contributed by atoms with Crippen LogP contribution in [0.3, 0.4) is 0 Å². The summed E-state index contributed by atoms with van der Waals surface area (Å²) >= 11 is 0. The summed E-state index contributed by atoms with van der Waals surface area (Å²) in [5, 5.41) is 0. The molecule has 156 valence electrons. The topological polar surface area (TPSA) is 90.6 Å². The minimum Gasteiger partial charge on any atom is -0.444 e. The van der Waals surface area contributed by atoms with E-state index in [9.17, 15) is 4.79 Å². The second-order valence-electron chi connectivity index (χ2n) is 8.25. The number of nitrogen functional groups attached to an aromatic ring is 1. The minimum atomic E-state index is -0.512. The first-order valence-corrected chi connectivity index (χ1v) is 10.1. The summed E-state index contributed by atoms with van der Waals surface area (Å²) in [6, 6.07) is 7.72. The summed E-state index contributed by atoms with van der Waals surface area (Å²) in [5.74, 6) is 0.477. The molecule has 7 nitrogen and oxygen atoms in total. The monoisotopic (exact) mass is 398 g/mol. The van der Waals surface area contributed by atoms with E-state index in [1.807, 2.05) is 50.8 Å². The predicted molar refractivity (Wildman–Crippen MR) is 112 cm³/mol. The van der Waals surface area contributed by atoms with Gasteiger partial charge >= 0.3 is 6.09 Å². The number of carbonyl (C=O) groups excluding carboxylic acids is 1. The van der Waals surface area contributed by atoms with Crippen LogP contribution in [-0.2, 0) is 9.47 Å². The molecule has 2 N–H and O–H groups in total. The SMILES string of the molecule is CCN(C(=O)OC(C)(C)C)C1CCOC(c2ccnc(-c3ccc(N)nc3)c2)C1. The summed E-state index contributed by atoms with van der Waals surface area (Å²) in [6.45, 7) is 8.83. The largest absolute Gasteiger partial charge is 0.444 e. The number of rotatable bonds is 4. The number of amides is 1. The summed E-state index contributed by atoms with van der Waals surface area (Å²) in [7, 11) is 0. The van der Waals surface area contributed by atoms with Gasteiger partial charge in [0.25, 0.3) is 0 Å². The molecule has 29 heavy (non-hydrogen) atoms. The average Bonchev–Trinajstić information content (AvgIpc) is 2.68. The number of pyridine rings is 2. The number of hydrogen-bond acceptors (Lipinski definition) is 6. The molecule has 1 amide bonds. The normalized spacial score (nSPS) is 19.6. The Hall–Kier alpha value is -2.67. The third-order valence-corrected chi connectivity index (χ3v) is 4.90. The Morgan fingerprint density at radius 1 is 1.31 bits per heavy atom. The van der Waals surface area contributed by atoms with Crippen LogP contribution in [0, 0.1) is 0 Å². The highest BCUT2D eigenvalue weighted by molar-refractivity contribution is 5.68.